The zero-order valence-electron chi connectivity index (χ0n) is 15.3. The third kappa shape index (κ3) is 3.34. The largest absolute Gasteiger partial charge is 0.504 e. The number of phenolic OH excluding ortho intramolecular Hbond substituents is 1. The van der Waals surface area contributed by atoms with E-state index in [2.05, 4.69) is 4.98 Å². The van der Waals surface area contributed by atoms with Gasteiger partial charge in [0.1, 0.15) is 6.61 Å². The number of benzene rings is 1. The summed E-state index contributed by atoms with van der Waals surface area (Å²) in [5, 5.41) is 10.4. The van der Waals surface area contributed by atoms with E-state index in [1.807, 2.05) is 18.2 Å². The second kappa shape index (κ2) is 7.19. The smallest absolute Gasteiger partial charge is 0.255 e. The lowest BCUT2D eigenvalue weighted by Gasteiger charge is -2.20. The highest BCUT2D eigenvalue weighted by Gasteiger charge is 2.24. The maximum Gasteiger partial charge on any atom is 0.255 e. The van der Waals surface area contributed by atoms with Crippen LogP contribution < -0.4 is 10.3 Å². The number of aryl methyl sites for hydroxylation is 1. The monoisotopic (exact) mass is 377 g/mol. The van der Waals surface area contributed by atoms with Crippen molar-refractivity contribution in [3.05, 3.63) is 76.5 Å². The number of carbonyl (C=O) groups is 1. The van der Waals surface area contributed by atoms with Crippen molar-refractivity contribution < 1.29 is 14.6 Å². The van der Waals surface area contributed by atoms with E-state index in [0.29, 0.717) is 24.4 Å². The van der Waals surface area contributed by atoms with E-state index in [1.54, 1.807) is 30.4 Å². The van der Waals surface area contributed by atoms with Gasteiger partial charge in [-0.1, -0.05) is 6.07 Å². The first-order chi connectivity index (χ1) is 13.5. The van der Waals surface area contributed by atoms with Crippen LogP contribution in [0.2, 0.25) is 0 Å². The van der Waals surface area contributed by atoms with Crippen LogP contribution in [0.3, 0.4) is 0 Å². The van der Waals surface area contributed by atoms with Gasteiger partial charge in [0.05, 0.1) is 12.1 Å². The number of pyridine rings is 2. The molecule has 28 heavy (non-hydrogen) atoms. The molecular formula is C21H19N3O4. The second-order valence-corrected chi connectivity index (χ2v) is 6.67. The molecule has 0 saturated heterocycles. The van der Waals surface area contributed by atoms with Gasteiger partial charge in [-0.15, -0.1) is 0 Å². The normalized spacial score (nSPS) is 13.4. The molecule has 142 valence electrons. The summed E-state index contributed by atoms with van der Waals surface area (Å²) in [4.78, 5) is 30.3. The number of rotatable bonds is 2. The van der Waals surface area contributed by atoms with Crippen molar-refractivity contribution in [3.63, 3.8) is 0 Å². The Balaban J connectivity index is 1.69. The van der Waals surface area contributed by atoms with E-state index in [4.69, 9.17) is 4.74 Å². The summed E-state index contributed by atoms with van der Waals surface area (Å²) in [6.45, 7) is 0.932. The molecule has 7 nitrogen and oxygen atoms in total. The van der Waals surface area contributed by atoms with Crippen molar-refractivity contribution in [1.82, 2.24) is 14.5 Å². The lowest BCUT2D eigenvalue weighted by Crippen LogP contribution is -2.33. The van der Waals surface area contributed by atoms with Gasteiger partial charge in [-0.25, -0.2) is 0 Å². The summed E-state index contributed by atoms with van der Waals surface area (Å²) in [5.41, 5.74) is 2.63. The lowest BCUT2D eigenvalue weighted by atomic mass is 10.0. The SMILES string of the molecule is Cn1cc(C(=O)N2CCOc3c(O)cc(-c4cccnc4)cc3C2)ccc1=O. The zero-order chi connectivity index (χ0) is 19.7. The minimum Gasteiger partial charge on any atom is -0.504 e. The molecule has 1 aromatic carbocycles. The van der Waals surface area contributed by atoms with Gasteiger partial charge in [0.15, 0.2) is 11.5 Å². The van der Waals surface area contributed by atoms with Crippen LogP contribution in [0.25, 0.3) is 11.1 Å². The number of carbonyl (C=O) groups excluding carboxylic acids is 1. The Morgan fingerprint density at radius 3 is 2.82 bits per heavy atom. The fourth-order valence-corrected chi connectivity index (χ4v) is 3.28. The zero-order valence-corrected chi connectivity index (χ0v) is 15.3. The van der Waals surface area contributed by atoms with Crippen molar-refractivity contribution in [3.8, 4) is 22.6 Å². The topological polar surface area (TPSA) is 84.7 Å². The molecule has 1 amide bonds. The number of hydrogen-bond acceptors (Lipinski definition) is 5. The first-order valence-electron chi connectivity index (χ1n) is 8.88. The van der Waals surface area contributed by atoms with Crippen LogP contribution in [-0.4, -0.2) is 38.6 Å². The third-order valence-electron chi connectivity index (χ3n) is 4.73. The Bertz CT molecular complexity index is 1090. The Morgan fingerprint density at radius 2 is 2.07 bits per heavy atom. The number of amides is 1. The van der Waals surface area contributed by atoms with Gasteiger partial charge in [-0.05, 0) is 29.8 Å². The highest BCUT2D eigenvalue weighted by molar-refractivity contribution is 5.94. The van der Waals surface area contributed by atoms with Gasteiger partial charge < -0.3 is 19.3 Å². The van der Waals surface area contributed by atoms with Crippen LogP contribution in [0.1, 0.15) is 15.9 Å². The molecule has 4 rings (SSSR count). The van der Waals surface area contributed by atoms with Crippen molar-refractivity contribution in [1.29, 1.82) is 0 Å². The van der Waals surface area contributed by atoms with E-state index < -0.39 is 0 Å². The number of phenols is 1. The lowest BCUT2D eigenvalue weighted by molar-refractivity contribution is 0.0732. The highest BCUT2D eigenvalue weighted by Crippen LogP contribution is 2.37. The van der Waals surface area contributed by atoms with E-state index in [0.717, 1.165) is 16.7 Å². The van der Waals surface area contributed by atoms with Crippen molar-refractivity contribution in [2.75, 3.05) is 13.2 Å². The summed E-state index contributed by atoms with van der Waals surface area (Å²) in [5.74, 6) is 0.231. The van der Waals surface area contributed by atoms with Crippen molar-refractivity contribution in [2.24, 2.45) is 7.05 Å². The summed E-state index contributed by atoms with van der Waals surface area (Å²) in [6, 6.07) is 10.2. The fourth-order valence-electron chi connectivity index (χ4n) is 3.28. The van der Waals surface area contributed by atoms with Crippen LogP contribution in [0.4, 0.5) is 0 Å². The quantitative estimate of drug-likeness (QED) is 0.740. The summed E-state index contributed by atoms with van der Waals surface area (Å²) in [6.07, 6.45) is 4.93. The van der Waals surface area contributed by atoms with Gasteiger partial charge in [0, 0.05) is 49.4 Å². The fraction of sp³-hybridized carbons (Fsp3) is 0.190. The molecule has 0 spiro atoms. The van der Waals surface area contributed by atoms with Crippen LogP contribution in [-0.2, 0) is 13.6 Å². The molecule has 1 aliphatic heterocycles. The molecule has 0 unspecified atom stereocenters. The van der Waals surface area contributed by atoms with Gasteiger partial charge >= 0.3 is 0 Å². The van der Waals surface area contributed by atoms with E-state index in [-0.39, 0.29) is 23.8 Å². The molecule has 1 aliphatic rings. The third-order valence-corrected chi connectivity index (χ3v) is 4.73. The van der Waals surface area contributed by atoms with Gasteiger partial charge in [-0.3, -0.25) is 14.6 Å². The first kappa shape index (κ1) is 17.8. The summed E-state index contributed by atoms with van der Waals surface area (Å²) in [7, 11) is 1.61. The standard InChI is InChI=1S/C21H19N3O4/c1-23-12-15(4-5-19(23)26)21(27)24-7-8-28-20-17(13-24)9-16(10-18(20)25)14-3-2-6-22-11-14/h2-6,9-12,25H,7-8,13H2,1H3. The molecule has 1 N–H and O–H groups in total. The Labute approximate surface area is 161 Å². The van der Waals surface area contributed by atoms with Crippen LogP contribution in [0.15, 0.2) is 59.8 Å². The summed E-state index contributed by atoms with van der Waals surface area (Å²) < 4.78 is 7.09. The predicted octanol–water partition coefficient (Wildman–Crippen LogP) is 2.19. The number of hydrogen-bond donors (Lipinski definition) is 1. The molecule has 0 saturated carbocycles. The average Bonchev–Trinajstić information content (AvgIpc) is 2.93. The van der Waals surface area contributed by atoms with Gasteiger partial charge in [-0.2, -0.15) is 0 Å². The average molecular weight is 377 g/mol. The molecule has 3 heterocycles. The number of nitrogens with zero attached hydrogens (tertiary/aromatic N) is 3. The maximum absolute atomic E-state index is 12.9. The van der Waals surface area contributed by atoms with E-state index >= 15 is 0 Å². The summed E-state index contributed by atoms with van der Waals surface area (Å²) >= 11 is 0. The second-order valence-electron chi connectivity index (χ2n) is 6.67. The number of aromatic hydroxyl groups is 1. The molecule has 0 bridgehead atoms. The van der Waals surface area contributed by atoms with Crippen molar-refractivity contribution in [2.45, 2.75) is 6.54 Å². The highest BCUT2D eigenvalue weighted by atomic mass is 16.5. The van der Waals surface area contributed by atoms with Crippen LogP contribution in [0.5, 0.6) is 11.5 Å². The molecule has 2 aromatic heterocycles. The maximum atomic E-state index is 12.9. The Hall–Kier alpha value is -3.61. The predicted molar refractivity (Wildman–Crippen MR) is 103 cm³/mol. The minimum absolute atomic E-state index is 0.0350. The van der Waals surface area contributed by atoms with Gasteiger partial charge in [0.2, 0.25) is 5.56 Å². The number of fused-ring (bicyclic) bond motifs is 1. The van der Waals surface area contributed by atoms with Crippen LogP contribution in [0, 0.1) is 0 Å². The van der Waals surface area contributed by atoms with E-state index in [9.17, 15) is 14.7 Å². The number of ether oxygens (including phenoxy) is 1. The molecule has 0 radical (unpaired) electrons. The Morgan fingerprint density at radius 1 is 1.21 bits per heavy atom. The van der Waals surface area contributed by atoms with Crippen molar-refractivity contribution >= 4 is 5.91 Å². The minimum atomic E-state index is -0.196. The van der Waals surface area contributed by atoms with Gasteiger partial charge in [0.25, 0.3) is 5.91 Å². The molecule has 0 atom stereocenters. The molecule has 0 fully saturated rings. The molecular weight excluding hydrogens is 358 g/mol. The molecule has 3 aromatic rings. The molecule has 7 heteroatoms. The van der Waals surface area contributed by atoms with E-state index in [1.165, 1.54) is 22.9 Å². The van der Waals surface area contributed by atoms with Crippen LogP contribution >= 0.6 is 0 Å². The number of aromatic nitrogens is 2. The first-order valence-corrected chi connectivity index (χ1v) is 8.88. The molecule has 0 aliphatic carbocycles. The Kier molecular flexibility index (Phi) is 4.57.